The fourth-order valence-corrected chi connectivity index (χ4v) is 3.43. The van der Waals surface area contributed by atoms with E-state index in [4.69, 9.17) is 16.3 Å². The molecule has 25 heavy (non-hydrogen) atoms. The SMILES string of the molecule is Cc1cccc(OC[C@@H](O)C[NH+]2CCN(c3cccc(Cl)c3)CC2)c1. The second-order valence-corrected chi connectivity index (χ2v) is 7.14. The second kappa shape index (κ2) is 8.56. The zero-order valence-electron chi connectivity index (χ0n) is 14.6. The van der Waals surface area contributed by atoms with Crippen LogP contribution in [-0.4, -0.2) is 50.5 Å². The summed E-state index contributed by atoms with van der Waals surface area (Å²) in [7, 11) is 0. The number of quaternary nitrogens is 1. The van der Waals surface area contributed by atoms with Gasteiger partial charge < -0.3 is 19.6 Å². The van der Waals surface area contributed by atoms with Crippen LogP contribution in [-0.2, 0) is 0 Å². The number of anilines is 1. The van der Waals surface area contributed by atoms with Crippen molar-refractivity contribution in [1.29, 1.82) is 0 Å². The Balaban J connectivity index is 1.42. The monoisotopic (exact) mass is 361 g/mol. The lowest BCUT2D eigenvalue weighted by atomic mass is 10.2. The average molecular weight is 362 g/mol. The molecule has 1 fully saturated rings. The number of rotatable bonds is 6. The van der Waals surface area contributed by atoms with Crippen LogP contribution in [0.25, 0.3) is 0 Å². The van der Waals surface area contributed by atoms with Gasteiger partial charge in [0.2, 0.25) is 0 Å². The molecule has 4 nitrogen and oxygen atoms in total. The Hall–Kier alpha value is -1.75. The van der Waals surface area contributed by atoms with Crippen LogP contribution >= 0.6 is 11.6 Å². The number of hydrogen-bond acceptors (Lipinski definition) is 3. The lowest BCUT2D eigenvalue weighted by molar-refractivity contribution is -0.903. The zero-order valence-corrected chi connectivity index (χ0v) is 15.4. The second-order valence-electron chi connectivity index (χ2n) is 6.70. The summed E-state index contributed by atoms with van der Waals surface area (Å²) in [5.74, 6) is 0.819. The number of piperazine rings is 1. The molecule has 0 aliphatic carbocycles. The van der Waals surface area contributed by atoms with Crippen molar-refractivity contribution in [3.63, 3.8) is 0 Å². The van der Waals surface area contributed by atoms with Gasteiger partial charge >= 0.3 is 0 Å². The first-order chi connectivity index (χ1) is 12.1. The molecule has 0 amide bonds. The van der Waals surface area contributed by atoms with Crippen molar-refractivity contribution in [1.82, 2.24) is 0 Å². The summed E-state index contributed by atoms with van der Waals surface area (Å²) >= 11 is 6.08. The van der Waals surface area contributed by atoms with Crippen LogP contribution in [0.3, 0.4) is 0 Å². The molecule has 1 heterocycles. The van der Waals surface area contributed by atoms with Gasteiger partial charge in [-0.15, -0.1) is 0 Å². The zero-order chi connectivity index (χ0) is 17.6. The maximum Gasteiger partial charge on any atom is 0.137 e. The summed E-state index contributed by atoms with van der Waals surface area (Å²) in [5.41, 5.74) is 2.34. The topological polar surface area (TPSA) is 37.1 Å². The van der Waals surface area contributed by atoms with Crippen LogP contribution in [0, 0.1) is 6.92 Å². The first-order valence-electron chi connectivity index (χ1n) is 8.82. The number of aliphatic hydroxyl groups excluding tert-OH is 1. The fraction of sp³-hybridized carbons (Fsp3) is 0.400. The van der Waals surface area contributed by atoms with Gasteiger partial charge in [0.1, 0.15) is 25.0 Å². The Morgan fingerprint density at radius 1 is 1.16 bits per heavy atom. The third-order valence-electron chi connectivity index (χ3n) is 4.60. The number of benzene rings is 2. The molecule has 134 valence electrons. The Morgan fingerprint density at radius 3 is 2.64 bits per heavy atom. The Labute approximate surface area is 154 Å². The molecule has 5 heteroatoms. The van der Waals surface area contributed by atoms with Crippen molar-refractivity contribution < 1.29 is 14.7 Å². The minimum absolute atomic E-state index is 0.338. The van der Waals surface area contributed by atoms with Gasteiger partial charge in [-0.05, 0) is 42.8 Å². The predicted molar refractivity (Wildman–Crippen MR) is 102 cm³/mol. The maximum atomic E-state index is 10.3. The fourth-order valence-electron chi connectivity index (χ4n) is 3.25. The van der Waals surface area contributed by atoms with Gasteiger partial charge in [-0.25, -0.2) is 0 Å². The molecule has 0 aromatic heterocycles. The van der Waals surface area contributed by atoms with Gasteiger partial charge in [0, 0.05) is 10.7 Å². The quantitative estimate of drug-likeness (QED) is 0.823. The molecule has 1 saturated heterocycles. The van der Waals surface area contributed by atoms with Crippen molar-refractivity contribution in [2.24, 2.45) is 0 Å². The summed E-state index contributed by atoms with van der Waals surface area (Å²) in [6.07, 6.45) is -0.451. The standard InChI is InChI=1S/C20H25ClN2O2/c1-16-4-2-7-20(12-16)25-15-19(24)14-22-8-10-23(11-9-22)18-6-3-5-17(21)13-18/h2-7,12-13,19,24H,8-11,14-15H2,1H3/p+1/t19-/m0/s1. The van der Waals surface area contributed by atoms with Crippen molar-refractivity contribution in [2.45, 2.75) is 13.0 Å². The summed E-state index contributed by atoms with van der Waals surface area (Å²) in [6, 6.07) is 15.9. The van der Waals surface area contributed by atoms with Gasteiger partial charge in [0.05, 0.1) is 26.2 Å². The van der Waals surface area contributed by atoms with Crippen molar-refractivity contribution in [3.05, 3.63) is 59.1 Å². The van der Waals surface area contributed by atoms with Crippen LogP contribution in [0.4, 0.5) is 5.69 Å². The highest BCUT2D eigenvalue weighted by atomic mass is 35.5. The molecule has 2 N–H and O–H groups in total. The van der Waals surface area contributed by atoms with Crippen molar-refractivity contribution in [2.75, 3.05) is 44.2 Å². The van der Waals surface area contributed by atoms with E-state index < -0.39 is 6.10 Å². The van der Waals surface area contributed by atoms with Crippen molar-refractivity contribution in [3.8, 4) is 5.75 Å². The maximum absolute atomic E-state index is 10.3. The molecule has 1 aliphatic heterocycles. The van der Waals surface area contributed by atoms with Crippen LogP contribution in [0.1, 0.15) is 5.56 Å². The predicted octanol–water partition coefficient (Wildman–Crippen LogP) is 1.79. The highest BCUT2D eigenvalue weighted by Gasteiger charge is 2.23. The number of ether oxygens (including phenoxy) is 1. The van der Waals surface area contributed by atoms with Gasteiger partial charge in [-0.1, -0.05) is 29.8 Å². The third-order valence-corrected chi connectivity index (χ3v) is 4.84. The summed E-state index contributed by atoms with van der Waals surface area (Å²) in [5, 5.41) is 11.0. The van der Waals surface area contributed by atoms with E-state index in [1.165, 1.54) is 10.6 Å². The molecular weight excluding hydrogens is 336 g/mol. The lowest BCUT2D eigenvalue weighted by Crippen LogP contribution is -3.16. The molecule has 2 aromatic rings. The van der Waals surface area contributed by atoms with Crippen LogP contribution in [0.5, 0.6) is 5.75 Å². The van der Waals surface area contributed by atoms with E-state index in [0.717, 1.165) is 49.1 Å². The largest absolute Gasteiger partial charge is 0.491 e. The van der Waals surface area contributed by atoms with Crippen LogP contribution in [0.2, 0.25) is 5.02 Å². The molecule has 1 aliphatic rings. The number of nitrogens with one attached hydrogen (secondary N) is 1. The highest BCUT2D eigenvalue weighted by molar-refractivity contribution is 6.30. The summed E-state index contributed by atoms with van der Waals surface area (Å²) in [6.45, 7) is 7.05. The Bertz CT molecular complexity index is 687. The van der Waals surface area contributed by atoms with Gasteiger partial charge in [0.25, 0.3) is 0 Å². The number of halogens is 1. The van der Waals surface area contributed by atoms with Gasteiger partial charge in [-0.2, -0.15) is 0 Å². The molecule has 0 bridgehead atoms. The molecule has 0 saturated carbocycles. The third kappa shape index (κ3) is 5.36. The lowest BCUT2D eigenvalue weighted by Gasteiger charge is -2.34. The normalized spacial score (nSPS) is 16.7. The first kappa shape index (κ1) is 18.1. The Kier molecular flexibility index (Phi) is 6.19. The Morgan fingerprint density at radius 2 is 1.92 bits per heavy atom. The van der Waals surface area contributed by atoms with E-state index >= 15 is 0 Å². The average Bonchev–Trinajstić information content (AvgIpc) is 2.61. The van der Waals surface area contributed by atoms with E-state index in [0.29, 0.717) is 6.61 Å². The smallest absolute Gasteiger partial charge is 0.137 e. The number of aryl methyl sites for hydroxylation is 1. The van der Waals surface area contributed by atoms with Crippen LogP contribution < -0.4 is 14.5 Å². The molecule has 2 aromatic carbocycles. The van der Waals surface area contributed by atoms with E-state index in [2.05, 4.69) is 11.0 Å². The van der Waals surface area contributed by atoms with E-state index in [9.17, 15) is 5.11 Å². The summed E-state index contributed by atoms with van der Waals surface area (Å²) < 4.78 is 5.71. The number of nitrogens with zero attached hydrogens (tertiary/aromatic N) is 1. The molecule has 0 spiro atoms. The molecule has 3 rings (SSSR count). The number of aliphatic hydroxyl groups is 1. The minimum atomic E-state index is -0.451. The van der Waals surface area contributed by atoms with Crippen molar-refractivity contribution >= 4 is 17.3 Å². The highest BCUT2D eigenvalue weighted by Crippen LogP contribution is 2.19. The first-order valence-corrected chi connectivity index (χ1v) is 9.19. The van der Waals surface area contributed by atoms with Crippen LogP contribution in [0.15, 0.2) is 48.5 Å². The molecule has 0 unspecified atom stereocenters. The van der Waals surface area contributed by atoms with E-state index in [1.54, 1.807) is 0 Å². The molecular formula is C20H26ClN2O2+. The van der Waals surface area contributed by atoms with E-state index in [-0.39, 0.29) is 0 Å². The summed E-state index contributed by atoms with van der Waals surface area (Å²) in [4.78, 5) is 3.77. The van der Waals surface area contributed by atoms with Gasteiger partial charge in [-0.3, -0.25) is 0 Å². The minimum Gasteiger partial charge on any atom is -0.491 e. The van der Waals surface area contributed by atoms with E-state index in [1.807, 2.05) is 49.4 Å². The van der Waals surface area contributed by atoms with Gasteiger partial charge in [0.15, 0.2) is 0 Å². The molecule has 0 radical (unpaired) electrons. The molecule has 1 atom stereocenters. The number of hydrogen-bond donors (Lipinski definition) is 2.